The number of aliphatic carboxylic acids is 1. The molecule has 24 heavy (non-hydrogen) atoms. The second kappa shape index (κ2) is 11.1. The maximum Gasteiger partial charge on any atom is 0.306 e. The fraction of sp³-hybridized carbons (Fsp3) is 0.667. The summed E-state index contributed by atoms with van der Waals surface area (Å²) in [6.45, 7) is 5.95. The molecular formula is C21H34O3. The Morgan fingerprint density at radius 2 is 1.46 bits per heavy atom. The second-order valence-electron chi connectivity index (χ2n) is 7.08. The summed E-state index contributed by atoms with van der Waals surface area (Å²) < 4.78 is 0. The molecule has 0 aromatic heterocycles. The lowest BCUT2D eigenvalue weighted by molar-refractivity contribution is -0.142. The molecular weight excluding hydrogens is 300 g/mol. The van der Waals surface area contributed by atoms with Gasteiger partial charge in [0, 0.05) is 0 Å². The average Bonchev–Trinajstić information content (AvgIpc) is 2.53. The molecule has 0 aliphatic carbocycles. The highest BCUT2D eigenvalue weighted by Gasteiger charge is 2.18. The zero-order chi connectivity index (χ0) is 17.9. The summed E-state index contributed by atoms with van der Waals surface area (Å²) in [6.07, 6.45) is 11.1. The monoisotopic (exact) mass is 334 g/mol. The molecule has 0 bridgehead atoms. The number of hydrogen-bond donors (Lipinski definition) is 2. The molecule has 1 atom stereocenters. The molecule has 0 saturated heterocycles. The van der Waals surface area contributed by atoms with Crippen molar-refractivity contribution in [2.24, 2.45) is 5.92 Å². The predicted molar refractivity (Wildman–Crippen MR) is 99.6 cm³/mol. The van der Waals surface area contributed by atoms with E-state index in [9.17, 15) is 15.0 Å². The highest BCUT2D eigenvalue weighted by molar-refractivity contribution is 5.70. The number of carbonyl (C=O) groups is 1. The summed E-state index contributed by atoms with van der Waals surface area (Å²) >= 11 is 0. The topological polar surface area (TPSA) is 57.5 Å². The van der Waals surface area contributed by atoms with E-state index in [2.05, 4.69) is 6.92 Å². The van der Waals surface area contributed by atoms with Crippen LogP contribution >= 0.6 is 0 Å². The molecule has 0 heterocycles. The molecule has 1 rings (SSSR count). The Hall–Kier alpha value is -1.51. The molecule has 0 spiro atoms. The number of carboxylic acid groups (broad SMARTS) is 1. The molecule has 1 unspecified atom stereocenters. The van der Waals surface area contributed by atoms with Crippen molar-refractivity contribution in [1.82, 2.24) is 0 Å². The Kier molecular flexibility index (Phi) is 9.51. The average molecular weight is 335 g/mol. The molecule has 136 valence electrons. The van der Waals surface area contributed by atoms with E-state index in [0.717, 1.165) is 36.0 Å². The van der Waals surface area contributed by atoms with Gasteiger partial charge in [-0.3, -0.25) is 4.79 Å². The number of aryl methyl sites for hydroxylation is 2. The number of aromatic hydroxyl groups is 1. The van der Waals surface area contributed by atoms with Gasteiger partial charge in [0.05, 0.1) is 5.92 Å². The molecule has 1 aromatic carbocycles. The highest BCUT2D eigenvalue weighted by atomic mass is 16.4. The summed E-state index contributed by atoms with van der Waals surface area (Å²) in [7, 11) is 0. The fourth-order valence-electron chi connectivity index (χ4n) is 3.29. The van der Waals surface area contributed by atoms with Crippen molar-refractivity contribution < 1.29 is 15.0 Å². The number of rotatable bonds is 12. The summed E-state index contributed by atoms with van der Waals surface area (Å²) in [6, 6.07) is 3.82. The first-order valence-electron chi connectivity index (χ1n) is 9.47. The van der Waals surface area contributed by atoms with Crippen LogP contribution in [0.15, 0.2) is 12.1 Å². The largest absolute Gasteiger partial charge is 0.507 e. The highest BCUT2D eigenvalue weighted by Crippen LogP contribution is 2.25. The Morgan fingerprint density at radius 1 is 0.958 bits per heavy atom. The van der Waals surface area contributed by atoms with Gasteiger partial charge in [0.25, 0.3) is 0 Å². The van der Waals surface area contributed by atoms with Crippen molar-refractivity contribution in [3.05, 3.63) is 28.8 Å². The molecule has 2 N–H and O–H groups in total. The first kappa shape index (κ1) is 20.5. The maximum atomic E-state index is 11.5. The molecule has 1 aromatic rings. The van der Waals surface area contributed by atoms with E-state index < -0.39 is 5.97 Å². The van der Waals surface area contributed by atoms with E-state index in [4.69, 9.17) is 0 Å². The first-order chi connectivity index (χ1) is 11.5. The molecule has 0 aliphatic heterocycles. The first-order valence-corrected chi connectivity index (χ1v) is 9.47. The van der Waals surface area contributed by atoms with E-state index in [1.54, 1.807) is 0 Å². The minimum atomic E-state index is -0.707. The van der Waals surface area contributed by atoms with Gasteiger partial charge in [-0.25, -0.2) is 0 Å². The molecule has 0 aliphatic rings. The molecule has 0 saturated carbocycles. The number of phenolic OH excluding ortho intramolecular Hbond substituents is 1. The van der Waals surface area contributed by atoms with E-state index in [1.165, 1.54) is 38.5 Å². The van der Waals surface area contributed by atoms with Crippen molar-refractivity contribution in [2.75, 3.05) is 0 Å². The predicted octanol–water partition coefficient (Wildman–Crippen LogP) is 5.78. The number of hydrogen-bond acceptors (Lipinski definition) is 2. The quantitative estimate of drug-likeness (QED) is 0.476. The van der Waals surface area contributed by atoms with Crippen molar-refractivity contribution in [3.63, 3.8) is 0 Å². The van der Waals surface area contributed by atoms with Crippen molar-refractivity contribution in [2.45, 2.75) is 85.0 Å². The van der Waals surface area contributed by atoms with Gasteiger partial charge in [0.2, 0.25) is 0 Å². The SMILES string of the molecule is CCCCCCCCCCC(Cc1cc(C)c(O)c(C)c1)C(=O)O. The number of carboxylic acids is 1. The normalized spacial score (nSPS) is 12.3. The lowest BCUT2D eigenvalue weighted by Gasteiger charge is -2.14. The van der Waals surface area contributed by atoms with Gasteiger partial charge in [-0.05, 0) is 43.4 Å². The number of benzene rings is 1. The van der Waals surface area contributed by atoms with Gasteiger partial charge >= 0.3 is 5.97 Å². The van der Waals surface area contributed by atoms with Crippen LogP contribution in [0.4, 0.5) is 0 Å². The minimum absolute atomic E-state index is 0.314. The van der Waals surface area contributed by atoms with Crippen molar-refractivity contribution in [3.8, 4) is 5.75 Å². The van der Waals surface area contributed by atoms with Gasteiger partial charge < -0.3 is 10.2 Å². The van der Waals surface area contributed by atoms with E-state index in [-0.39, 0.29) is 5.92 Å². The van der Waals surface area contributed by atoms with Crippen molar-refractivity contribution in [1.29, 1.82) is 0 Å². The number of unbranched alkanes of at least 4 members (excludes halogenated alkanes) is 7. The van der Waals surface area contributed by atoms with E-state index in [0.29, 0.717) is 12.2 Å². The van der Waals surface area contributed by atoms with Crippen LogP contribution in [0.5, 0.6) is 5.75 Å². The molecule has 0 fully saturated rings. The van der Waals surface area contributed by atoms with Crippen LogP contribution in [-0.4, -0.2) is 16.2 Å². The van der Waals surface area contributed by atoms with Gasteiger partial charge in [-0.1, -0.05) is 70.4 Å². The zero-order valence-electron chi connectivity index (χ0n) is 15.6. The Labute approximate surface area is 147 Å². The third-order valence-corrected chi connectivity index (χ3v) is 4.79. The van der Waals surface area contributed by atoms with Crippen LogP contribution in [0.1, 0.15) is 81.4 Å². The summed E-state index contributed by atoms with van der Waals surface area (Å²) in [5.41, 5.74) is 2.65. The number of phenols is 1. The van der Waals surface area contributed by atoms with Gasteiger partial charge in [0.1, 0.15) is 5.75 Å². The standard InChI is InChI=1S/C21H34O3/c1-4-5-6-7-8-9-10-11-12-19(21(23)24)15-18-13-16(2)20(22)17(3)14-18/h13-14,19,22H,4-12,15H2,1-3H3,(H,23,24). The smallest absolute Gasteiger partial charge is 0.306 e. The molecule has 0 amide bonds. The lowest BCUT2D eigenvalue weighted by atomic mass is 9.92. The fourth-order valence-corrected chi connectivity index (χ4v) is 3.29. The maximum absolute atomic E-state index is 11.5. The van der Waals surface area contributed by atoms with Gasteiger partial charge in [-0.15, -0.1) is 0 Å². The van der Waals surface area contributed by atoms with Gasteiger partial charge in [-0.2, -0.15) is 0 Å². The minimum Gasteiger partial charge on any atom is -0.507 e. The summed E-state index contributed by atoms with van der Waals surface area (Å²) in [4.78, 5) is 11.5. The van der Waals surface area contributed by atoms with Crippen LogP contribution in [-0.2, 0) is 11.2 Å². The molecule has 3 heteroatoms. The van der Waals surface area contributed by atoms with Gasteiger partial charge in [0.15, 0.2) is 0 Å². The third kappa shape index (κ3) is 7.37. The summed E-state index contributed by atoms with van der Waals surface area (Å²) in [5.74, 6) is -0.719. The third-order valence-electron chi connectivity index (χ3n) is 4.79. The van der Waals surface area contributed by atoms with Crippen LogP contribution < -0.4 is 0 Å². The van der Waals surface area contributed by atoms with Crippen LogP contribution in [0.2, 0.25) is 0 Å². The van der Waals surface area contributed by atoms with Crippen molar-refractivity contribution >= 4 is 5.97 Å². The van der Waals surface area contributed by atoms with E-state index in [1.807, 2.05) is 26.0 Å². The van der Waals surface area contributed by atoms with E-state index >= 15 is 0 Å². The molecule has 0 radical (unpaired) electrons. The molecule has 3 nitrogen and oxygen atoms in total. The Balaban J connectivity index is 2.38. The Morgan fingerprint density at radius 3 is 1.96 bits per heavy atom. The summed E-state index contributed by atoms with van der Waals surface area (Å²) in [5, 5.41) is 19.3. The Bertz CT molecular complexity index is 485. The van der Waals surface area contributed by atoms with Crippen LogP contribution in [0.3, 0.4) is 0 Å². The zero-order valence-corrected chi connectivity index (χ0v) is 15.6. The lowest BCUT2D eigenvalue weighted by Crippen LogP contribution is -2.16. The van der Waals surface area contributed by atoms with Crippen LogP contribution in [0.25, 0.3) is 0 Å². The second-order valence-corrected chi connectivity index (χ2v) is 7.08. The van der Waals surface area contributed by atoms with Crippen LogP contribution in [0, 0.1) is 19.8 Å².